The SMILES string of the molecule is CC.CSN(C)CCON=C1CCN(c2ncc(-c3cccc(COC(=O)N=C(N)N)c3F)cn2)CC1. The summed E-state index contributed by atoms with van der Waals surface area (Å²) in [6.07, 6.45) is 5.70. The molecule has 2 aromatic rings. The molecular formula is C24H35FN8O3S. The van der Waals surface area contributed by atoms with Crippen molar-refractivity contribution in [3.63, 3.8) is 0 Å². The fourth-order valence-electron chi connectivity index (χ4n) is 3.27. The summed E-state index contributed by atoms with van der Waals surface area (Å²) in [4.78, 5) is 31.0. The predicted octanol–water partition coefficient (Wildman–Crippen LogP) is 3.40. The van der Waals surface area contributed by atoms with Crippen LogP contribution in [-0.2, 0) is 16.2 Å². The molecule has 1 aliphatic rings. The zero-order chi connectivity index (χ0) is 27.2. The molecule has 0 unspecified atom stereocenters. The molecule has 1 saturated heterocycles. The van der Waals surface area contributed by atoms with E-state index in [-0.39, 0.29) is 12.2 Å². The number of carbonyl (C=O) groups is 1. The van der Waals surface area contributed by atoms with Gasteiger partial charge in [-0.2, -0.15) is 0 Å². The average molecular weight is 535 g/mol. The van der Waals surface area contributed by atoms with Crippen LogP contribution in [-0.4, -0.2) is 71.6 Å². The molecule has 0 saturated carbocycles. The average Bonchev–Trinajstić information content (AvgIpc) is 2.91. The van der Waals surface area contributed by atoms with E-state index >= 15 is 0 Å². The summed E-state index contributed by atoms with van der Waals surface area (Å²) in [5.41, 5.74) is 12.2. The minimum atomic E-state index is -0.994. The van der Waals surface area contributed by atoms with Crippen molar-refractivity contribution in [1.29, 1.82) is 0 Å². The van der Waals surface area contributed by atoms with Crippen molar-refractivity contribution < 1.29 is 18.8 Å². The maximum absolute atomic E-state index is 15.0. The predicted molar refractivity (Wildman–Crippen MR) is 146 cm³/mol. The smallest absolute Gasteiger partial charge is 0.437 e. The summed E-state index contributed by atoms with van der Waals surface area (Å²) >= 11 is 1.65. The third kappa shape index (κ3) is 9.50. The van der Waals surface area contributed by atoms with E-state index in [2.05, 4.69) is 29.3 Å². The highest BCUT2D eigenvalue weighted by Crippen LogP contribution is 2.26. The number of anilines is 1. The van der Waals surface area contributed by atoms with Gasteiger partial charge in [0.1, 0.15) is 19.0 Å². The zero-order valence-corrected chi connectivity index (χ0v) is 22.5. The number of piperidine rings is 1. The van der Waals surface area contributed by atoms with E-state index in [1.54, 1.807) is 36.5 Å². The second-order valence-corrected chi connectivity index (χ2v) is 8.64. The molecule has 0 radical (unpaired) electrons. The van der Waals surface area contributed by atoms with Crippen LogP contribution < -0.4 is 16.4 Å². The number of hydrogen-bond donors (Lipinski definition) is 2. The molecule has 202 valence electrons. The van der Waals surface area contributed by atoms with Gasteiger partial charge < -0.3 is 25.9 Å². The first kappa shape index (κ1) is 29.8. The molecule has 3 rings (SSSR count). The van der Waals surface area contributed by atoms with E-state index in [0.29, 0.717) is 23.7 Å². The number of oxime groups is 1. The lowest BCUT2D eigenvalue weighted by molar-refractivity contribution is 0.136. The minimum Gasteiger partial charge on any atom is -0.443 e. The van der Waals surface area contributed by atoms with Gasteiger partial charge in [0.25, 0.3) is 0 Å². The van der Waals surface area contributed by atoms with Gasteiger partial charge >= 0.3 is 6.09 Å². The Bertz CT molecular complexity index is 1050. The molecule has 37 heavy (non-hydrogen) atoms. The zero-order valence-electron chi connectivity index (χ0n) is 21.7. The van der Waals surface area contributed by atoms with Crippen molar-refractivity contribution in [3.8, 4) is 11.1 Å². The monoisotopic (exact) mass is 534 g/mol. The van der Waals surface area contributed by atoms with Gasteiger partial charge in [0.05, 0.1) is 5.71 Å². The van der Waals surface area contributed by atoms with Crippen molar-refractivity contribution in [2.24, 2.45) is 21.6 Å². The largest absolute Gasteiger partial charge is 0.443 e. The summed E-state index contributed by atoms with van der Waals surface area (Å²) < 4.78 is 21.9. The highest BCUT2D eigenvalue weighted by molar-refractivity contribution is 7.96. The van der Waals surface area contributed by atoms with Crippen LogP contribution in [0.4, 0.5) is 15.1 Å². The Hall–Kier alpha value is -3.45. The van der Waals surface area contributed by atoms with Crippen LogP contribution in [0, 0.1) is 5.82 Å². The standard InChI is InChI=1S/C22H29FN8O3S.C2H6/c1-30(35-2)10-11-34-29-17-6-8-31(9-7-17)21-26-12-16(13-27-21)18-5-3-4-15(19(18)23)14-33-22(32)28-20(24)25;1-2/h3-5,12-13H,6-11,14H2,1-2H3,(H4,24,25,28,32);1-2H3. The third-order valence-electron chi connectivity index (χ3n) is 5.23. The first-order valence-electron chi connectivity index (χ1n) is 11.9. The van der Waals surface area contributed by atoms with Crippen molar-refractivity contribution in [2.75, 3.05) is 44.4 Å². The normalized spacial score (nSPS) is 12.9. The Morgan fingerprint density at radius 2 is 1.89 bits per heavy atom. The van der Waals surface area contributed by atoms with E-state index in [9.17, 15) is 9.18 Å². The fourth-order valence-corrected chi connectivity index (χ4v) is 3.53. The molecule has 11 nitrogen and oxygen atoms in total. The number of benzene rings is 1. The number of nitrogens with zero attached hydrogens (tertiary/aromatic N) is 6. The van der Waals surface area contributed by atoms with Gasteiger partial charge in [-0.3, -0.25) is 4.31 Å². The topological polar surface area (TPSA) is 145 Å². The molecule has 0 spiro atoms. The number of likely N-dealkylation sites (N-methyl/N-ethyl adjacent to an activating group) is 1. The molecule has 1 fully saturated rings. The van der Waals surface area contributed by atoms with E-state index in [0.717, 1.165) is 38.2 Å². The van der Waals surface area contributed by atoms with Crippen LogP contribution in [0.25, 0.3) is 11.1 Å². The first-order chi connectivity index (χ1) is 17.9. The number of hydrogen-bond acceptors (Lipinski definition) is 9. The Balaban J connectivity index is 0.00000235. The fraction of sp³-hybridized carbons (Fsp3) is 0.458. The van der Waals surface area contributed by atoms with E-state index < -0.39 is 17.9 Å². The molecule has 1 aromatic carbocycles. The highest BCUT2D eigenvalue weighted by Gasteiger charge is 2.19. The van der Waals surface area contributed by atoms with Crippen LogP contribution in [0.15, 0.2) is 40.7 Å². The van der Waals surface area contributed by atoms with Gasteiger partial charge in [-0.05, 0) is 13.3 Å². The number of ether oxygens (including phenoxy) is 1. The summed E-state index contributed by atoms with van der Waals surface area (Å²) in [5.74, 6) is -0.399. The van der Waals surface area contributed by atoms with Gasteiger partial charge in [-0.25, -0.2) is 19.2 Å². The summed E-state index contributed by atoms with van der Waals surface area (Å²) in [5, 5.41) is 4.25. The van der Waals surface area contributed by atoms with E-state index in [4.69, 9.17) is 21.0 Å². The van der Waals surface area contributed by atoms with Crippen LogP contribution in [0.5, 0.6) is 0 Å². The molecule has 1 aliphatic heterocycles. The molecule has 2 heterocycles. The van der Waals surface area contributed by atoms with Crippen molar-refractivity contribution in [2.45, 2.75) is 33.3 Å². The second-order valence-electron chi connectivity index (χ2n) is 7.65. The Morgan fingerprint density at radius 1 is 1.22 bits per heavy atom. The van der Waals surface area contributed by atoms with Gasteiger partial charge in [0.15, 0.2) is 5.96 Å². The molecule has 1 amide bonds. The Kier molecular flexibility index (Phi) is 12.6. The highest BCUT2D eigenvalue weighted by atomic mass is 32.2. The van der Waals surface area contributed by atoms with Crippen LogP contribution in [0.2, 0.25) is 0 Å². The number of aromatic nitrogens is 2. The lowest BCUT2D eigenvalue weighted by Crippen LogP contribution is -2.35. The molecular weight excluding hydrogens is 499 g/mol. The van der Waals surface area contributed by atoms with Crippen molar-refractivity contribution in [3.05, 3.63) is 42.0 Å². The first-order valence-corrected chi connectivity index (χ1v) is 13.1. The van der Waals surface area contributed by atoms with Gasteiger partial charge in [0.2, 0.25) is 5.95 Å². The minimum absolute atomic E-state index is 0.177. The molecule has 1 aromatic heterocycles. The molecule has 13 heteroatoms. The number of carbonyl (C=O) groups excluding carboxylic acids is 1. The summed E-state index contributed by atoms with van der Waals surface area (Å²) in [6.45, 7) is 6.47. The number of guanidine groups is 1. The number of halogens is 1. The van der Waals surface area contributed by atoms with Gasteiger partial charge in [0, 0.05) is 61.6 Å². The maximum Gasteiger partial charge on any atom is 0.437 e. The second kappa shape index (κ2) is 15.6. The number of rotatable bonds is 9. The van der Waals surface area contributed by atoms with Crippen molar-refractivity contribution in [1.82, 2.24) is 14.3 Å². The quantitative estimate of drug-likeness (QED) is 0.161. The lowest BCUT2D eigenvalue weighted by Gasteiger charge is -2.27. The molecule has 0 bridgehead atoms. The van der Waals surface area contributed by atoms with Crippen LogP contribution in [0.3, 0.4) is 0 Å². The lowest BCUT2D eigenvalue weighted by atomic mass is 10.1. The third-order valence-corrected chi connectivity index (χ3v) is 6.03. The number of aliphatic imine (C=N–C) groups is 1. The molecule has 4 N–H and O–H groups in total. The molecule has 0 atom stereocenters. The Labute approximate surface area is 221 Å². The molecule has 0 aliphatic carbocycles. The van der Waals surface area contributed by atoms with Crippen molar-refractivity contribution >= 4 is 35.7 Å². The van der Waals surface area contributed by atoms with E-state index in [1.807, 2.05) is 27.2 Å². The van der Waals surface area contributed by atoms with Gasteiger partial charge in [-0.15, -0.1) is 4.99 Å². The van der Waals surface area contributed by atoms with Crippen LogP contribution >= 0.6 is 11.9 Å². The summed E-state index contributed by atoms with van der Waals surface area (Å²) in [6, 6.07) is 4.77. The maximum atomic E-state index is 15.0. The van der Waals surface area contributed by atoms with E-state index in [1.165, 1.54) is 6.07 Å². The van der Waals surface area contributed by atoms with Crippen LogP contribution in [0.1, 0.15) is 32.3 Å². The summed E-state index contributed by atoms with van der Waals surface area (Å²) in [7, 11) is 2.00. The number of amides is 1. The van der Waals surface area contributed by atoms with Gasteiger partial charge in [-0.1, -0.05) is 49.2 Å². The number of nitrogens with two attached hydrogens (primary N) is 2. The Morgan fingerprint density at radius 3 is 2.51 bits per heavy atom.